The van der Waals surface area contributed by atoms with E-state index in [1.807, 2.05) is 32.0 Å². The molecule has 1 aliphatic heterocycles. The Kier molecular flexibility index (Phi) is 4.92. The Morgan fingerprint density at radius 2 is 2.17 bits per heavy atom. The van der Waals surface area contributed by atoms with E-state index in [2.05, 4.69) is 21.2 Å². The monoisotopic (exact) mass is 353 g/mol. The van der Waals surface area contributed by atoms with Crippen LogP contribution in [0.3, 0.4) is 0 Å². The molecule has 1 saturated heterocycles. The van der Waals surface area contributed by atoms with E-state index in [0.717, 1.165) is 10.0 Å². The van der Waals surface area contributed by atoms with Crippen molar-refractivity contribution in [2.24, 2.45) is 5.41 Å². The van der Waals surface area contributed by atoms with Crippen molar-refractivity contribution in [1.82, 2.24) is 5.32 Å². The predicted octanol–water partition coefficient (Wildman–Crippen LogP) is 4.33. The van der Waals surface area contributed by atoms with Gasteiger partial charge in [0.2, 0.25) is 0 Å². The van der Waals surface area contributed by atoms with Crippen LogP contribution in [0.1, 0.15) is 25.5 Å². The Morgan fingerprint density at radius 1 is 1.50 bits per heavy atom. The number of hydrogen-bond donors (Lipinski definition) is 1. The Bertz CT molecular complexity index is 465. The predicted molar refractivity (Wildman–Crippen MR) is 77.4 cm³/mol. The zero-order valence-corrected chi connectivity index (χ0v) is 13.2. The normalized spacial score (nSPS) is 21.6. The fraction of sp³-hybridized carbons (Fsp3) is 0.417. The summed E-state index contributed by atoms with van der Waals surface area (Å²) in [7, 11) is 0. The first-order chi connectivity index (χ1) is 7.90. The second-order valence-electron chi connectivity index (χ2n) is 4.81. The van der Waals surface area contributed by atoms with Crippen LogP contribution in [0.4, 0.5) is 4.79 Å². The first-order valence-corrected chi connectivity index (χ1v) is 6.45. The fourth-order valence-corrected chi connectivity index (χ4v) is 2.53. The number of carbonyl (C=O) groups excluding carboxylic acids is 1. The van der Waals surface area contributed by atoms with Crippen molar-refractivity contribution in [3.63, 3.8) is 0 Å². The van der Waals surface area contributed by atoms with Crippen LogP contribution in [-0.4, -0.2) is 12.7 Å². The first-order valence-electron chi connectivity index (χ1n) is 5.28. The second kappa shape index (κ2) is 5.68. The largest absolute Gasteiger partial charge is 0.449 e. The van der Waals surface area contributed by atoms with E-state index in [9.17, 15) is 4.79 Å². The summed E-state index contributed by atoms with van der Waals surface area (Å²) in [5.74, 6) is 0. The maximum Gasteiger partial charge on any atom is 0.407 e. The van der Waals surface area contributed by atoms with Gasteiger partial charge < -0.3 is 10.1 Å². The van der Waals surface area contributed by atoms with Crippen molar-refractivity contribution in [3.8, 4) is 0 Å². The van der Waals surface area contributed by atoms with Crippen LogP contribution in [0.5, 0.6) is 0 Å². The highest BCUT2D eigenvalue weighted by molar-refractivity contribution is 9.10. The highest BCUT2D eigenvalue weighted by atomic mass is 79.9. The first kappa shape index (κ1) is 15.6. The number of alkyl carbamates (subject to hydrolysis) is 1. The molecule has 2 rings (SSSR count). The lowest BCUT2D eigenvalue weighted by Crippen LogP contribution is -2.47. The molecule has 0 aliphatic carbocycles. The molecule has 1 fully saturated rings. The van der Waals surface area contributed by atoms with Crippen LogP contribution in [0.25, 0.3) is 0 Å². The molecule has 0 spiro atoms. The minimum atomic E-state index is -0.398. The van der Waals surface area contributed by atoms with Crippen LogP contribution in [0.15, 0.2) is 22.7 Å². The average Bonchev–Trinajstić information content (AvgIpc) is 2.26. The third-order valence-electron chi connectivity index (χ3n) is 2.89. The van der Waals surface area contributed by atoms with Crippen LogP contribution < -0.4 is 5.32 Å². The molecule has 1 aliphatic rings. The van der Waals surface area contributed by atoms with Crippen LogP contribution >= 0.6 is 39.9 Å². The summed E-state index contributed by atoms with van der Waals surface area (Å²) in [5.41, 5.74) is 0.709. The molecule has 0 aromatic heterocycles. The molecule has 0 radical (unpaired) electrons. The third kappa shape index (κ3) is 3.11. The number of hydrogen-bond acceptors (Lipinski definition) is 2. The minimum absolute atomic E-state index is 0. The number of rotatable bonds is 1. The number of halogens is 3. The van der Waals surface area contributed by atoms with Gasteiger partial charge in [-0.1, -0.05) is 41.4 Å². The number of amides is 1. The van der Waals surface area contributed by atoms with Crippen LogP contribution in [0.2, 0.25) is 5.02 Å². The molecule has 0 unspecified atom stereocenters. The molecule has 3 nitrogen and oxygen atoms in total. The Hall–Kier alpha value is -0.450. The quantitative estimate of drug-likeness (QED) is 0.814. The Morgan fingerprint density at radius 3 is 2.83 bits per heavy atom. The van der Waals surface area contributed by atoms with Crippen molar-refractivity contribution < 1.29 is 9.53 Å². The summed E-state index contributed by atoms with van der Waals surface area (Å²) in [6, 6.07) is 5.48. The lowest BCUT2D eigenvalue weighted by Gasteiger charge is -2.38. The molecular formula is C12H14BrCl2NO2. The fourth-order valence-electron chi connectivity index (χ4n) is 1.92. The molecule has 6 heteroatoms. The number of nitrogens with one attached hydrogen (secondary N) is 1. The maximum absolute atomic E-state index is 11.3. The van der Waals surface area contributed by atoms with E-state index in [1.165, 1.54) is 0 Å². The lowest BCUT2D eigenvalue weighted by atomic mass is 9.80. The van der Waals surface area contributed by atoms with Gasteiger partial charge in [-0.15, -0.1) is 12.4 Å². The summed E-state index contributed by atoms with van der Waals surface area (Å²) in [5, 5.41) is 3.47. The van der Waals surface area contributed by atoms with Crippen molar-refractivity contribution in [2.45, 2.75) is 19.9 Å². The third-order valence-corrected chi connectivity index (χ3v) is 3.73. The highest BCUT2D eigenvalue weighted by Crippen LogP contribution is 2.40. The molecule has 1 N–H and O–H groups in total. The second-order valence-corrected chi connectivity index (χ2v) is 6.13. The molecular weight excluding hydrogens is 341 g/mol. The zero-order valence-electron chi connectivity index (χ0n) is 10.00. The van der Waals surface area contributed by atoms with Gasteiger partial charge >= 0.3 is 6.09 Å². The van der Waals surface area contributed by atoms with Crippen molar-refractivity contribution in [3.05, 3.63) is 33.3 Å². The number of benzene rings is 1. The van der Waals surface area contributed by atoms with Gasteiger partial charge in [0, 0.05) is 14.9 Å². The summed E-state index contributed by atoms with van der Waals surface area (Å²) in [4.78, 5) is 11.3. The van der Waals surface area contributed by atoms with E-state index in [0.29, 0.717) is 11.6 Å². The van der Waals surface area contributed by atoms with E-state index in [-0.39, 0.29) is 23.9 Å². The molecule has 100 valence electrons. The molecule has 1 aromatic rings. The van der Waals surface area contributed by atoms with Gasteiger partial charge in [0.05, 0.1) is 6.04 Å². The summed E-state index contributed by atoms with van der Waals surface area (Å²) < 4.78 is 5.95. The molecule has 0 bridgehead atoms. The minimum Gasteiger partial charge on any atom is -0.449 e. The molecule has 0 saturated carbocycles. The standard InChI is InChI=1S/C12H13BrClNO2.ClH/c1-12(2)6-17-11(16)15-10(12)8-5-7(13)3-4-9(8)14;/h3-5,10H,6H2,1-2H3,(H,15,16);1H/t10-;/m1./s1. The van der Waals surface area contributed by atoms with Gasteiger partial charge in [-0.05, 0) is 23.8 Å². The lowest BCUT2D eigenvalue weighted by molar-refractivity contribution is 0.0387. The smallest absolute Gasteiger partial charge is 0.407 e. The van der Waals surface area contributed by atoms with Crippen molar-refractivity contribution in [1.29, 1.82) is 0 Å². The van der Waals surface area contributed by atoms with Gasteiger partial charge in [0.1, 0.15) is 6.61 Å². The molecule has 1 heterocycles. The van der Waals surface area contributed by atoms with E-state index >= 15 is 0 Å². The SMILES string of the molecule is CC1(C)COC(=O)N[C@@H]1c1cc(Br)ccc1Cl.Cl. The number of ether oxygens (including phenoxy) is 1. The van der Waals surface area contributed by atoms with Gasteiger partial charge in [-0.2, -0.15) is 0 Å². The Balaban J connectivity index is 0.00000162. The molecule has 1 atom stereocenters. The van der Waals surface area contributed by atoms with E-state index in [4.69, 9.17) is 16.3 Å². The van der Waals surface area contributed by atoms with Gasteiger partial charge in [0.15, 0.2) is 0 Å². The van der Waals surface area contributed by atoms with Crippen LogP contribution in [-0.2, 0) is 4.74 Å². The van der Waals surface area contributed by atoms with E-state index < -0.39 is 6.09 Å². The Labute approximate surface area is 126 Å². The zero-order chi connectivity index (χ0) is 12.6. The van der Waals surface area contributed by atoms with E-state index in [1.54, 1.807) is 0 Å². The summed E-state index contributed by atoms with van der Waals surface area (Å²) >= 11 is 9.60. The van der Waals surface area contributed by atoms with Crippen molar-refractivity contribution in [2.75, 3.05) is 6.61 Å². The number of cyclic esters (lactones) is 1. The molecule has 1 aromatic carbocycles. The van der Waals surface area contributed by atoms with Gasteiger partial charge in [-0.25, -0.2) is 4.79 Å². The number of carbonyl (C=O) groups is 1. The summed E-state index contributed by atoms with van der Waals surface area (Å²) in [6.07, 6.45) is -0.398. The van der Waals surface area contributed by atoms with Crippen LogP contribution in [0, 0.1) is 5.41 Å². The maximum atomic E-state index is 11.3. The van der Waals surface area contributed by atoms with Crippen molar-refractivity contribution >= 4 is 46.0 Å². The molecule has 1 amide bonds. The average molecular weight is 355 g/mol. The summed E-state index contributed by atoms with van der Waals surface area (Å²) in [6.45, 7) is 4.45. The topological polar surface area (TPSA) is 38.3 Å². The van der Waals surface area contributed by atoms with Gasteiger partial charge in [-0.3, -0.25) is 0 Å². The molecule has 18 heavy (non-hydrogen) atoms. The highest BCUT2D eigenvalue weighted by Gasteiger charge is 2.38. The van der Waals surface area contributed by atoms with Gasteiger partial charge in [0.25, 0.3) is 0 Å².